The number of benzene rings is 1. The second-order valence-corrected chi connectivity index (χ2v) is 6.50. The quantitative estimate of drug-likeness (QED) is 0.832. The summed E-state index contributed by atoms with van der Waals surface area (Å²) in [5.74, 6) is 0.700. The number of aromatic nitrogens is 1. The molecule has 3 rings (SSSR count). The van der Waals surface area contributed by atoms with E-state index < -0.39 is 0 Å². The van der Waals surface area contributed by atoms with Crippen LogP contribution in [0.4, 0.5) is 0 Å². The zero-order valence-corrected chi connectivity index (χ0v) is 12.2. The summed E-state index contributed by atoms with van der Waals surface area (Å²) < 4.78 is 5.27. The highest BCUT2D eigenvalue weighted by atomic mass is 35.5. The SMILES string of the molecule is CC1(C)CC(SCc2noc3c(Cl)cccc23)=NO1. The van der Waals surface area contributed by atoms with E-state index in [2.05, 4.69) is 10.3 Å². The van der Waals surface area contributed by atoms with Crippen LogP contribution >= 0.6 is 23.4 Å². The molecule has 0 amide bonds. The molecule has 100 valence electrons. The van der Waals surface area contributed by atoms with Crippen LogP contribution in [0.1, 0.15) is 26.0 Å². The average molecular weight is 297 g/mol. The van der Waals surface area contributed by atoms with E-state index in [1.165, 1.54) is 0 Å². The summed E-state index contributed by atoms with van der Waals surface area (Å²) in [7, 11) is 0. The maximum atomic E-state index is 6.05. The van der Waals surface area contributed by atoms with Crippen molar-refractivity contribution < 1.29 is 9.36 Å². The van der Waals surface area contributed by atoms with E-state index in [-0.39, 0.29) is 5.60 Å². The summed E-state index contributed by atoms with van der Waals surface area (Å²) in [5, 5.41) is 10.7. The lowest BCUT2D eigenvalue weighted by atomic mass is 10.1. The van der Waals surface area contributed by atoms with Gasteiger partial charge in [0, 0.05) is 17.6 Å². The van der Waals surface area contributed by atoms with Crippen molar-refractivity contribution in [2.75, 3.05) is 0 Å². The van der Waals surface area contributed by atoms with E-state index >= 15 is 0 Å². The molecule has 0 saturated carbocycles. The summed E-state index contributed by atoms with van der Waals surface area (Å²) in [6, 6.07) is 5.66. The highest BCUT2D eigenvalue weighted by Gasteiger charge is 2.29. The summed E-state index contributed by atoms with van der Waals surface area (Å²) in [5.41, 5.74) is 1.33. The van der Waals surface area contributed by atoms with Crippen LogP contribution in [0.25, 0.3) is 11.0 Å². The number of fused-ring (bicyclic) bond motifs is 1. The molecule has 0 aliphatic carbocycles. The molecule has 0 spiro atoms. The predicted molar refractivity (Wildman–Crippen MR) is 77.5 cm³/mol. The molecule has 6 heteroatoms. The fourth-order valence-electron chi connectivity index (χ4n) is 1.92. The van der Waals surface area contributed by atoms with E-state index in [1.807, 2.05) is 26.0 Å². The number of oxime groups is 1. The van der Waals surface area contributed by atoms with Crippen LogP contribution < -0.4 is 0 Å². The maximum Gasteiger partial charge on any atom is 0.185 e. The van der Waals surface area contributed by atoms with Crippen molar-refractivity contribution >= 4 is 39.4 Å². The second kappa shape index (κ2) is 4.72. The summed E-state index contributed by atoms with van der Waals surface area (Å²) >= 11 is 7.67. The van der Waals surface area contributed by atoms with Crippen LogP contribution in [-0.2, 0) is 10.6 Å². The highest BCUT2D eigenvalue weighted by Crippen LogP contribution is 2.32. The molecular weight excluding hydrogens is 284 g/mol. The highest BCUT2D eigenvalue weighted by molar-refractivity contribution is 8.13. The fourth-order valence-corrected chi connectivity index (χ4v) is 3.18. The zero-order valence-electron chi connectivity index (χ0n) is 10.6. The third-order valence-electron chi connectivity index (χ3n) is 2.87. The standard InChI is InChI=1S/C13H13ClN2O2S/c1-13(2)6-11(16-18-13)19-7-10-8-4-3-5-9(14)12(8)17-15-10/h3-5H,6-7H2,1-2H3. The van der Waals surface area contributed by atoms with Gasteiger partial charge in [-0.3, -0.25) is 0 Å². The van der Waals surface area contributed by atoms with E-state index in [0.29, 0.717) is 16.4 Å². The Kier molecular flexibility index (Phi) is 3.19. The van der Waals surface area contributed by atoms with Crippen molar-refractivity contribution in [1.29, 1.82) is 0 Å². The Morgan fingerprint density at radius 1 is 1.42 bits per heavy atom. The molecule has 0 bridgehead atoms. The topological polar surface area (TPSA) is 47.6 Å². The lowest BCUT2D eigenvalue weighted by molar-refractivity contribution is 0.0123. The molecule has 2 aromatic rings. The first-order valence-electron chi connectivity index (χ1n) is 5.96. The van der Waals surface area contributed by atoms with Crippen molar-refractivity contribution in [3.63, 3.8) is 0 Å². The van der Waals surface area contributed by atoms with Crippen molar-refractivity contribution in [1.82, 2.24) is 5.16 Å². The molecule has 1 aliphatic rings. The number of rotatable bonds is 2. The minimum atomic E-state index is -0.197. The Balaban J connectivity index is 1.75. The van der Waals surface area contributed by atoms with Crippen LogP contribution in [-0.4, -0.2) is 15.8 Å². The fraction of sp³-hybridized carbons (Fsp3) is 0.385. The van der Waals surface area contributed by atoms with Crippen LogP contribution in [0.15, 0.2) is 27.9 Å². The zero-order chi connectivity index (χ0) is 13.5. The van der Waals surface area contributed by atoms with Gasteiger partial charge in [0.05, 0.1) is 5.02 Å². The normalized spacial score (nSPS) is 17.5. The molecule has 1 aromatic heterocycles. The molecular formula is C13H13ClN2O2S. The van der Waals surface area contributed by atoms with Gasteiger partial charge < -0.3 is 9.36 Å². The molecule has 0 N–H and O–H groups in total. The average Bonchev–Trinajstić information content (AvgIpc) is 2.91. The smallest absolute Gasteiger partial charge is 0.185 e. The van der Waals surface area contributed by atoms with Gasteiger partial charge in [0.15, 0.2) is 5.58 Å². The molecule has 19 heavy (non-hydrogen) atoms. The van der Waals surface area contributed by atoms with Crippen LogP contribution in [0, 0.1) is 0 Å². The largest absolute Gasteiger partial charge is 0.389 e. The Morgan fingerprint density at radius 2 is 2.26 bits per heavy atom. The van der Waals surface area contributed by atoms with E-state index in [9.17, 15) is 0 Å². The molecule has 2 heterocycles. The Morgan fingerprint density at radius 3 is 3.00 bits per heavy atom. The second-order valence-electron chi connectivity index (χ2n) is 5.05. The molecule has 0 saturated heterocycles. The van der Waals surface area contributed by atoms with Crippen LogP contribution in [0.5, 0.6) is 0 Å². The number of thioether (sulfide) groups is 1. The number of halogens is 1. The summed E-state index contributed by atoms with van der Waals surface area (Å²) in [6.07, 6.45) is 0.828. The third-order valence-corrected chi connectivity index (χ3v) is 4.14. The lowest BCUT2D eigenvalue weighted by Gasteiger charge is -2.12. The van der Waals surface area contributed by atoms with Crippen molar-refractivity contribution in [2.24, 2.45) is 5.16 Å². The van der Waals surface area contributed by atoms with Crippen LogP contribution in [0.3, 0.4) is 0 Å². The molecule has 0 atom stereocenters. The van der Waals surface area contributed by atoms with Crippen molar-refractivity contribution in [3.8, 4) is 0 Å². The first kappa shape index (κ1) is 12.8. The number of hydrogen-bond donors (Lipinski definition) is 0. The number of para-hydroxylation sites is 1. The van der Waals surface area contributed by atoms with Gasteiger partial charge in [0.2, 0.25) is 0 Å². The minimum absolute atomic E-state index is 0.197. The third kappa shape index (κ3) is 2.58. The molecule has 0 unspecified atom stereocenters. The van der Waals surface area contributed by atoms with Gasteiger partial charge in [-0.15, -0.1) is 11.8 Å². The molecule has 1 aromatic carbocycles. The van der Waals surface area contributed by atoms with E-state index in [1.54, 1.807) is 17.8 Å². The van der Waals surface area contributed by atoms with Gasteiger partial charge >= 0.3 is 0 Å². The van der Waals surface area contributed by atoms with Crippen LogP contribution in [0.2, 0.25) is 5.02 Å². The number of hydrogen-bond acceptors (Lipinski definition) is 5. The van der Waals surface area contributed by atoms with Gasteiger partial charge in [-0.1, -0.05) is 28.0 Å². The Labute approximate surface area is 120 Å². The van der Waals surface area contributed by atoms with Crippen molar-refractivity contribution in [3.05, 3.63) is 28.9 Å². The Bertz CT molecular complexity index is 651. The maximum absolute atomic E-state index is 6.05. The predicted octanol–water partition coefficient (Wildman–Crippen LogP) is 4.23. The summed E-state index contributed by atoms with van der Waals surface area (Å²) in [6.45, 7) is 4.05. The molecule has 4 nitrogen and oxygen atoms in total. The monoisotopic (exact) mass is 296 g/mol. The summed E-state index contributed by atoms with van der Waals surface area (Å²) in [4.78, 5) is 5.33. The van der Waals surface area contributed by atoms with E-state index in [0.717, 1.165) is 22.5 Å². The Hall–Kier alpha value is -1.20. The van der Waals surface area contributed by atoms with Gasteiger partial charge in [-0.2, -0.15) is 0 Å². The first-order valence-corrected chi connectivity index (χ1v) is 7.32. The molecule has 0 radical (unpaired) electrons. The van der Waals surface area contributed by atoms with E-state index in [4.69, 9.17) is 21.0 Å². The van der Waals surface area contributed by atoms with Gasteiger partial charge in [-0.25, -0.2) is 0 Å². The lowest BCUT2D eigenvalue weighted by Crippen LogP contribution is -2.18. The molecule has 0 fully saturated rings. The van der Waals surface area contributed by atoms with Crippen molar-refractivity contribution in [2.45, 2.75) is 31.6 Å². The number of nitrogens with zero attached hydrogens (tertiary/aromatic N) is 2. The molecule has 1 aliphatic heterocycles. The minimum Gasteiger partial charge on any atom is -0.389 e. The first-order chi connectivity index (χ1) is 9.05. The van der Waals surface area contributed by atoms with Gasteiger partial charge in [-0.05, 0) is 26.0 Å². The van der Waals surface area contributed by atoms with Gasteiger partial charge in [0.1, 0.15) is 16.3 Å². The van der Waals surface area contributed by atoms with Gasteiger partial charge in [0.25, 0.3) is 0 Å².